The van der Waals surface area contributed by atoms with Crippen molar-refractivity contribution in [1.29, 1.82) is 0 Å². The first-order valence-electron chi connectivity index (χ1n) is 8.46. The molecular weight excluding hydrogens is 304 g/mol. The van der Waals surface area contributed by atoms with Gasteiger partial charge in [-0.25, -0.2) is 0 Å². The van der Waals surface area contributed by atoms with Crippen LogP contribution in [0.4, 0.5) is 22.7 Å². The topological polar surface area (TPSA) is 6.48 Å². The maximum Gasteiger partial charge on any atom is 0.151 e. The molecular formula is C23H17N2. The molecule has 4 aromatic carbocycles. The van der Waals surface area contributed by atoms with Gasteiger partial charge in [-0.2, -0.15) is 0 Å². The molecule has 0 spiro atoms. The molecule has 0 amide bonds. The third kappa shape index (κ3) is 2.34. The number of para-hydroxylation sites is 2. The van der Waals surface area contributed by atoms with E-state index in [9.17, 15) is 0 Å². The Hall–Kier alpha value is -3.26. The van der Waals surface area contributed by atoms with Gasteiger partial charge in [0.2, 0.25) is 0 Å². The molecule has 0 bridgehead atoms. The number of anilines is 4. The Bertz CT molecular complexity index is 942. The zero-order valence-corrected chi connectivity index (χ0v) is 13.7. The molecule has 0 saturated carbocycles. The molecule has 0 atom stereocenters. The summed E-state index contributed by atoms with van der Waals surface area (Å²) in [5, 5.41) is 2.51. The summed E-state index contributed by atoms with van der Waals surface area (Å²) in [6.07, 6.45) is 0. The number of rotatable bonds is 2. The molecule has 2 nitrogen and oxygen atoms in total. The average molecular weight is 321 g/mol. The summed E-state index contributed by atoms with van der Waals surface area (Å²) < 4.78 is 0. The van der Waals surface area contributed by atoms with Crippen LogP contribution in [0.3, 0.4) is 0 Å². The smallest absolute Gasteiger partial charge is 0.151 e. The average Bonchev–Trinajstić information content (AvgIpc) is 3.06. The summed E-state index contributed by atoms with van der Waals surface area (Å²) in [6.45, 7) is 2.17. The van der Waals surface area contributed by atoms with Gasteiger partial charge < -0.3 is 9.80 Å². The molecule has 5 rings (SSSR count). The lowest BCUT2D eigenvalue weighted by atomic mass is 10.1. The highest BCUT2D eigenvalue weighted by atomic mass is 15.4. The first-order valence-corrected chi connectivity index (χ1v) is 8.46. The molecule has 0 unspecified atom stereocenters. The quantitative estimate of drug-likeness (QED) is 0.430. The minimum atomic E-state index is 1.16. The van der Waals surface area contributed by atoms with Crippen molar-refractivity contribution in [1.82, 2.24) is 0 Å². The molecule has 25 heavy (non-hydrogen) atoms. The van der Waals surface area contributed by atoms with E-state index in [1.807, 2.05) is 0 Å². The van der Waals surface area contributed by atoms with Crippen molar-refractivity contribution in [3.8, 4) is 0 Å². The lowest BCUT2D eigenvalue weighted by Gasteiger charge is -2.20. The van der Waals surface area contributed by atoms with Crippen LogP contribution in [-0.4, -0.2) is 0 Å². The fourth-order valence-corrected chi connectivity index (χ4v) is 3.43. The van der Waals surface area contributed by atoms with E-state index in [0.717, 1.165) is 11.4 Å². The Morgan fingerprint density at radius 2 is 0.840 bits per heavy atom. The normalized spacial score (nSPS) is 13.3. The number of nitrogens with zero attached hydrogens (tertiary/aromatic N) is 2. The van der Waals surface area contributed by atoms with Gasteiger partial charge in [-0.05, 0) is 47.2 Å². The predicted octanol–water partition coefficient (Wildman–Crippen LogP) is 6.25. The van der Waals surface area contributed by atoms with Crippen molar-refractivity contribution in [2.45, 2.75) is 0 Å². The summed E-state index contributed by atoms with van der Waals surface area (Å²) in [4.78, 5) is 4.52. The highest BCUT2D eigenvalue weighted by Gasteiger charge is 2.29. The van der Waals surface area contributed by atoms with E-state index in [-0.39, 0.29) is 0 Å². The second-order valence-corrected chi connectivity index (χ2v) is 6.21. The fourth-order valence-electron chi connectivity index (χ4n) is 3.43. The van der Waals surface area contributed by atoms with Gasteiger partial charge in [-0.1, -0.05) is 60.7 Å². The van der Waals surface area contributed by atoms with Crippen LogP contribution in [0.25, 0.3) is 10.8 Å². The third-order valence-corrected chi connectivity index (χ3v) is 4.66. The second kappa shape index (κ2) is 5.67. The van der Waals surface area contributed by atoms with Gasteiger partial charge in [0.25, 0.3) is 0 Å². The molecule has 1 radical (unpaired) electrons. The van der Waals surface area contributed by atoms with Crippen LogP contribution in [0, 0.1) is 6.67 Å². The molecule has 0 fully saturated rings. The molecule has 119 valence electrons. The summed E-state index contributed by atoms with van der Waals surface area (Å²) >= 11 is 0. The Morgan fingerprint density at radius 3 is 1.28 bits per heavy atom. The molecule has 0 aliphatic carbocycles. The number of hydrogen-bond donors (Lipinski definition) is 0. The SMILES string of the molecule is [CH]1N(c2ccccc2)c2cc3ccccc3cc2N1c1ccccc1. The maximum absolute atomic E-state index is 2.27. The van der Waals surface area contributed by atoms with Crippen LogP contribution in [0.1, 0.15) is 0 Å². The zero-order chi connectivity index (χ0) is 16.6. The molecule has 2 heteroatoms. The lowest BCUT2D eigenvalue weighted by Crippen LogP contribution is -2.17. The Kier molecular flexibility index (Phi) is 3.20. The second-order valence-electron chi connectivity index (χ2n) is 6.21. The van der Waals surface area contributed by atoms with Gasteiger partial charge in [-0.15, -0.1) is 0 Å². The van der Waals surface area contributed by atoms with Gasteiger partial charge in [-0.3, -0.25) is 0 Å². The molecule has 0 saturated heterocycles. The van der Waals surface area contributed by atoms with Crippen molar-refractivity contribution < 1.29 is 0 Å². The van der Waals surface area contributed by atoms with Crippen LogP contribution >= 0.6 is 0 Å². The van der Waals surface area contributed by atoms with E-state index in [0.29, 0.717) is 0 Å². The first-order chi connectivity index (χ1) is 12.4. The van der Waals surface area contributed by atoms with E-state index in [1.165, 1.54) is 22.1 Å². The van der Waals surface area contributed by atoms with Gasteiger partial charge >= 0.3 is 0 Å². The Balaban J connectivity index is 1.72. The maximum atomic E-state index is 2.27. The van der Waals surface area contributed by atoms with Crippen molar-refractivity contribution in [3.05, 3.63) is 104 Å². The van der Waals surface area contributed by atoms with E-state index < -0.39 is 0 Å². The fraction of sp³-hybridized carbons (Fsp3) is 0. The van der Waals surface area contributed by atoms with Crippen LogP contribution in [0.15, 0.2) is 97.1 Å². The van der Waals surface area contributed by atoms with Crippen LogP contribution in [0.5, 0.6) is 0 Å². The van der Waals surface area contributed by atoms with Crippen molar-refractivity contribution in [3.63, 3.8) is 0 Å². The minimum Gasteiger partial charge on any atom is -0.314 e. The predicted molar refractivity (Wildman–Crippen MR) is 105 cm³/mol. The van der Waals surface area contributed by atoms with E-state index in [4.69, 9.17) is 0 Å². The molecule has 1 aliphatic heterocycles. The van der Waals surface area contributed by atoms with Gasteiger partial charge in [0, 0.05) is 11.4 Å². The zero-order valence-electron chi connectivity index (χ0n) is 13.7. The molecule has 1 aliphatic rings. The van der Waals surface area contributed by atoms with E-state index in [2.05, 4.69) is 114 Å². The summed E-state index contributed by atoms with van der Waals surface area (Å²) in [7, 11) is 0. The third-order valence-electron chi connectivity index (χ3n) is 4.66. The summed E-state index contributed by atoms with van der Waals surface area (Å²) in [5.41, 5.74) is 4.73. The number of benzene rings is 4. The van der Waals surface area contributed by atoms with Crippen molar-refractivity contribution in [2.75, 3.05) is 9.80 Å². The van der Waals surface area contributed by atoms with E-state index in [1.54, 1.807) is 0 Å². The minimum absolute atomic E-state index is 1.16. The molecule has 4 aromatic rings. The summed E-state index contributed by atoms with van der Waals surface area (Å²) in [6, 6.07) is 34.1. The highest BCUT2D eigenvalue weighted by molar-refractivity contribution is 5.99. The highest BCUT2D eigenvalue weighted by Crippen LogP contribution is 2.47. The number of hydrogen-bond acceptors (Lipinski definition) is 2. The van der Waals surface area contributed by atoms with E-state index >= 15 is 0 Å². The standard InChI is InChI=1S/C23H17N2/c1-3-11-20(12-4-1)24-17-25(21-13-5-2-6-14-21)23-16-19-10-8-7-9-18(19)15-22(23)24/h1-17H. The first kappa shape index (κ1) is 14.1. The van der Waals surface area contributed by atoms with Crippen LogP contribution in [0.2, 0.25) is 0 Å². The van der Waals surface area contributed by atoms with Crippen molar-refractivity contribution in [2.24, 2.45) is 0 Å². The van der Waals surface area contributed by atoms with Gasteiger partial charge in [0.1, 0.15) is 0 Å². The Labute approximate surface area is 147 Å². The van der Waals surface area contributed by atoms with Crippen LogP contribution < -0.4 is 9.80 Å². The lowest BCUT2D eigenvalue weighted by molar-refractivity contribution is 1.13. The summed E-state index contributed by atoms with van der Waals surface area (Å²) in [5.74, 6) is 0. The van der Waals surface area contributed by atoms with Crippen molar-refractivity contribution >= 4 is 33.5 Å². The van der Waals surface area contributed by atoms with Gasteiger partial charge in [0.15, 0.2) is 6.67 Å². The molecule has 1 heterocycles. The Morgan fingerprint density at radius 1 is 0.440 bits per heavy atom. The largest absolute Gasteiger partial charge is 0.314 e. The molecule has 0 aromatic heterocycles. The monoisotopic (exact) mass is 321 g/mol. The molecule has 0 N–H and O–H groups in total. The van der Waals surface area contributed by atoms with Crippen LogP contribution in [-0.2, 0) is 0 Å². The number of fused-ring (bicyclic) bond motifs is 2. The van der Waals surface area contributed by atoms with Gasteiger partial charge in [0.05, 0.1) is 11.4 Å².